The number of carbonyl (C=O) groups excluding carboxylic acids is 2. The fraction of sp³-hybridized carbons (Fsp3) is 0.471. The van der Waals surface area contributed by atoms with Crippen molar-refractivity contribution in [1.82, 2.24) is 4.90 Å². The van der Waals surface area contributed by atoms with Gasteiger partial charge in [-0.25, -0.2) is 4.39 Å². The van der Waals surface area contributed by atoms with E-state index < -0.39 is 12.0 Å². The molecule has 0 unspecified atom stereocenters. The molecule has 1 aromatic carbocycles. The number of hydrogen-bond donors (Lipinski definition) is 0. The summed E-state index contributed by atoms with van der Waals surface area (Å²) in [5, 5.41) is 3.93. The lowest BCUT2D eigenvalue weighted by atomic mass is 9.93. The average Bonchev–Trinajstić information content (AvgIpc) is 3.10. The Bertz CT molecular complexity index is 680. The molecule has 0 bridgehead atoms. The number of rotatable bonds is 2. The standard InChI is InChI=1S/C17H17FN2O3/c18-11-8-6-10(7-9-11)14-13-15(23-19-14)17(22)20(16(13)21)12-4-2-1-3-5-12/h6-9,12-13,15H,1-5H2/t13-,15+/m1/s1. The van der Waals surface area contributed by atoms with Crippen LogP contribution in [0.5, 0.6) is 0 Å². The monoisotopic (exact) mass is 316 g/mol. The van der Waals surface area contributed by atoms with Gasteiger partial charge in [0, 0.05) is 11.6 Å². The minimum atomic E-state index is -0.857. The topological polar surface area (TPSA) is 59.0 Å². The van der Waals surface area contributed by atoms with Crippen LogP contribution in [0.2, 0.25) is 0 Å². The van der Waals surface area contributed by atoms with Crippen molar-refractivity contribution in [3.63, 3.8) is 0 Å². The quantitative estimate of drug-likeness (QED) is 0.786. The third-order valence-corrected chi connectivity index (χ3v) is 4.93. The summed E-state index contributed by atoms with van der Waals surface area (Å²) in [4.78, 5) is 32.0. The van der Waals surface area contributed by atoms with Gasteiger partial charge in [-0.3, -0.25) is 14.5 Å². The number of fused-ring (bicyclic) bond motifs is 1. The van der Waals surface area contributed by atoms with Gasteiger partial charge in [0.1, 0.15) is 17.4 Å². The van der Waals surface area contributed by atoms with Gasteiger partial charge in [-0.1, -0.05) is 36.6 Å². The van der Waals surface area contributed by atoms with Crippen molar-refractivity contribution in [3.05, 3.63) is 35.6 Å². The van der Waals surface area contributed by atoms with Crippen molar-refractivity contribution in [2.75, 3.05) is 0 Å². The van der Waals surface area contributed by atoms with Crippen molar-refractivity contribution in [3.8, 4) is 0 Å². The molecule has 0 spiro atoms. The molecule has 5 nitrogen and oxygen atoms in total. The van der Waals surface area contributed by atoms with E-state index in [0.29, 0.717) is 11.3 Å². The van der Waals surface area contributed by atoms with E-state index in [1.165, 1.54) is 17.0 Å². The molecule has 1 saturated carbocycles. The second kappa shape index (κ2) is 5.44. The van der Waals surface area contributed by atoms with Gasteiger partial charge in [0.2, 0.25) is 12.0 Å². The molecule has 4 rings (SSSR count). The minimum Gasteiger partial charge on any atom is -0.381 e. The summed E-state index contributed by atoms with van der Waals surface area (Å²) < 4.78 is 13.1. The smallest absolute Gasteiger partial charge is 0.274 e. The summed E-state index contributed by atoms with van der Waals surface area (Å²) in [5.74, 6) is -1.57. The van der Waals surface area contributed by atoms with Gasteiger partial charge >= 0.3 is 0 Å². The molecule has 6 heteroatoms. The molecule has 2 atom stereocenters. The number of oxime groups is 1. The fourth-order valence-corrected chi connectivity index (χ4v) is 3.76. The molecule has 1 saturated heterocycles. The van der Waals surface area contributed by atoms with Crippen molar-refractivity contribution in [1.29, 1.82) is 0 Å². The van der Waals surface area contributed by atoms with Crippen molar-refractivity contribution in [2.24, 2.45) is 11.1 Å². The van der Waals surface area contributed by atoms with Crippen LogP contribution in [0.25, 0.3) is 0 Å². The average molecular weight is 316 g/mol. The van der Waals surface area contributed by atoms with Crippen LogP contribution in [0.15, 0.2) is 29.4 Å². The molecule has 23 heavy (non-hydrogen) atoms. The van der Waals surface area contributed by atoms with E-state index in [1.807, 2.05) is 0 Å². The largest absolute Gasteiger partial charge is 0.381 e. The van der Waals surface area contributed by atoms with Crippen molar-refractivity contribution < 1.29 is 18.8 Å². The van der Waals surface area contributed by atoms with E-state index in [2.05, 4.69) is 5.16 Å². The van der Waals surface area contributed by atoms with E-state index in [0.717, 1.165) is 32.1 Å². The van der Waals surface area contributed by atoms with E-state index in [4.69, 9.17) is 4.84 Å². The lowest BCUT2D eigenvalue weighted by Gasteiger charge is -2.29. The lowest BCUT2D eigenvalue weighted by Crippen LogP contribution is -2.43. The number of likely N-dealkylation sites (tertiary alicyclic amines) is 1. The summed E-state index contributed by atoms with van der Waals surface area (Å²) in [6, 6.07) is 5.71. The number of amides is 2. The lowest BCUT2D eigenvalue weighted by molar-refractivity contribution is -0.145. The maximum Gasteiger partial charge on any atom is 0.274 e. The van der Waals surface area contributed by atoms with Gasteiger partial charge in [-0.05, 0) is 25.0 Å². The van der Waals surface area contributed by atoms with E-state index in [-0.39, 0.29) is 23.7 Å². The highest BCUT2D eigenvalue weighted by Gasteiger charge is 2.57. The van der Waals surface area contributed by atoms with Crippen LogP contribution in [-0.4, -0.2) is 34.6 Å². The van der Waals surface area contributed by atoms with E-state index in [9.17, 15) is 14.0 Å². The Kier molecular flexibility index (Phi) is 3.39. The molecule has 0 radical (unpaired) electrons. The van der Waals surface area contributed by atoms with Gasteiger partial charge < -0.3 is 4.84 Å². The van der Waals surface area contributed by atoms with Crippen LogP contribution in [0.4, 0.5) is 4.39 Å². The summed E-state index contributed by atoms with van der Waals surface area (Å²) in [6.45, 7) is 0. The Morgan fingerprint density at radius 1 is 1.04 bits per heavy atom. The number of carbonyl (C=O) groups is 2. The molecule has 2 aliphatic heterocycles. The summed E-state index contributed by atoms with van der Waals surface area (Å²) >= 11 is 0. The summed E-state index contributed by atoms with van der Waals surface area (Å²) in [6.07, 6.45) is 4.09. The maximum absolute atomic E-state index is 13.1. The van der Waals surface area contributed by atoms with E-state index >= 15 is 0 Å². The Balaban J connectivity index is 1.62. The first-order valence-corrected chi connectivity index (χ1v) is 8.03. The number of halogens is 1. The molecule has 2 fully saturated rings. The normalized spacial score (nSPS) is 27.9. The first-order valence-electron chi connectivity index (χ1n) is 8.03. The van der Waals surface area contributed by atoms with Crippen LogP contribution < -0.4 is 0 Å². The molecular formula is C17H17FN2O3. The second-order valence-electron chi connectivity index (χ2n) is 6.33. The second-order valence-corrected chi connectivity index (χ2v) is 6.33. The summed E-state index contributed by atoms with van der Waals surface area (Å²) in [5.41, 5.74) is 1.04. The molecular weight excluding hydrogens is 299 g/mol. The SMILES string of the molecule is O=C1[C@@H]2C(c3ccc(F)cc3)=NO[C@@H]2C(=O)N1C1CCCCC1. The predicted molar refractivity (Wildman–Crippen MR) is 80.0 cm³/mol. The van der Waals surface area contributed by atoms with Gasteiger partial charge in [-0.15, -0.1) is 0 Å². The highest BCUT2D eigenvalue weighted by atomic mass is 19.1. The van der Waals surface area contributed by atoms with Crippen LogP contribution in [0.3, 0.4) is 0 Å². The molecule has 2 amide bonds. The van der Waals surface area contributed by atoms with Gasteiger partial charge in [0.25, 0.3) is 5.91 Å². The molecule has 1 aliphatic carbocycles. The maximum atomic E-state index is 13.1. The zero-order chi connectivity index (χ0) is 16.0. The fourth-order valence-electron chi connectivity index (χ4n) is 3.76. The first-order chi connectivity index (χ1) is 11.2. The Labute approximate surface area is 133 Å². The molecule has 3 aliphatic rings. The Morgan fingerprint density at radius 3 is 2.43 bits per heavy atom. The van der Waals surface area contributed by atoms with Gasteiger partial charge in [-0.2, -0.15) is 0 Å². The van der Waals surface area contributed by atoms with Crippen molar-refractivity contribution in [2.45, 2.75) is 44.2 Å². The molecule has 0 aromatic heterocycles. The highest BCUT2D eigenvalue weighted by Crippen LogP contribution is 2.36. The van der Waals surface area contributed by atoms with Crippen LogP contribution in [-0.2, 0) is 14.4 Å². The first kappa shape index (κ1) is 14.4. The summed E-state index contributed by atoms with van der Waals surface area (Å²) in [7, 11) is 0. The third-order valence-electron chi connectivity index (χ3n) is 4.93. The number of imide groups is 1. The highest BCUT2D eigenvalue weighted by molar-refractivity contribution is 6.23. The van der Waals surface area contributed by atoms with Gasteiger partial charge in [0.05, 0.1) is 0 Å². The molecule has 0 N–H and O–H groups in total. The van der Waals surface area contributed by atoms with Crippen LogP contribution in [0, 0.1) is 11.7 Å². The van der Waals surface area contributed by atoms with E-state index in [1.54, 1.807) is 12.1 Å². The number of nitrogens with zero attached hydrogens (tertiary/aromatic N) is 2. The third kappa shape index (κ3) is 2.24. The Hall–Kier alpha value is -2.24. The number of hydrogen-bond acceptors (Lipinski definition) is 4. The number of benzene rings is 1. The van der Waals surface area contributed by atoms with Crippen LogP contribution in [0.1, 0.15) is 37.7 Å². The molecule has 120 valence electrons. The zero-order valence-electron chi connectivity index (χ0n) is 12.6. The molecule has 2 heterocycles. The van der Waals surface area contributed by atoms with Crippen molar-refractivity contribution >= 4 is 17.5 Å². The predicted octanol–water partition coefficient (Wildman–Crippen LogP) is 2.25. The minimum absolute atomic E-state index is 0.0209. The zero-order valence-corrected chi connectivity index (χ0v) is 12.6. The Morgan fingerprint density at radius 2 is 1.74 bits per heavy atom. The van der Waals surface area contributed by atoms with Crippen LogP contribution >= 0.6 is 0 Å². The van der Waals surface area contributed by atoms with Gasteiger partial charge in [0.15, 0.2) is 0 Å². The molecule has 1 aromatic rings.